The first-order valence-corrected chi connectivity index (χ1v) is 6.41. The van der Waals surface area contributed by atoms with E-state index in [2.05, 4.69) is 10.1 Å². The van der Waals surface area contributed by atoms with Gasteiger partial charge in [0, 0.05) is 18.3 Å². The number of aromatic nitrogens is 3. The van der Waals surface area contributed by atoms with Gasteiger partial charge in [0.2, 0.25) is 0 Å². The minimum absolute atomic E-state index is 0.117. The van der Waals surface area contributed by atoms with Gasteiger partial charge in [0.25, 0.3) is 0 Å². The summed E-state index contributed by atoms with van der Waals surface area (Å²) in [5.74, 6) is -1.04. The lowest BCUT2D eigenvalue weighted by Gasteiger charge is -2.01. The second kappa shape index (κ2) is 5.59. The van der Waals surface area contributed by atoms with Gasteiger partial charge in [-0.2, -0.15) is 5.10 Å². The summed E-state index contributed by atoms with van der Waals surface area (Å²) >= 11 is 11.6. The first kappa shape index (κ1) is 13.8. The van der Waals surface area contributed by atoms with Gasteiger partial charge >= 0.3 is 5.97 Å². The maximum Gasteiger partial charge on any atom is 0.339 e. The number of aryl methyl sites for hydroxylation is 1. The van der Waals surface area contributed by atoms with Crippen molar-refractivity contribution in [3.05, 3.63) is 34.2 Å². The number of nitrogens with zero attached hydrogens (tertiary/aromatic N) is 3. The highest BCUT2D eigenvalue weighted by Crippen LogP contribution is 2.26. The first-order valence-electron chi connectivity index (χ1n) is 5.65. The van der Waals surface area contributed by atoms with Crippen molar-refractivity contribution in [3.8, 4) is 11.3 Å². The van der Waals surface area contributed by atoms with Crippen LogP contribution in [0.5, 0.6) is 0 Å². The van der Waals surface area contributed by atoms with E-state index in [9.17, 15) is 9.90 Å². The first-order chi connectivity index (χ1) is 9.01. The SMILES string of the molecule is CCCn1cc(C(=O)O)c(-c2cc(Cl)nc(Cl)c2)n1. The van der Waals surface area contributed by atoms with Crippen molar-refractivity contribution in [2.24, 2.45) is 0 Å². The summed E-state index contributed by atoms with van der Waals surface area (Å²) in [5.41, 5.74) is 0.996. The Balaban J connectivity index is 2.56. The van der Waals surface area contributed by atoms with Gasteiger partial charge in [-0.05, 0) is 18.6 Å². The summed E-state index contributed by atoms with van der Waals surface area (Å²) in [7, 11) is 0. The zero-order valence-electron chi connectivity index (χ0n) is 10.1. The largest absolute Gasteiger partial charge is 0.478 e. The summed E-state index contributed by atoms with van der Waals surface area (Å²) in [6.45, 7) is 2.63. The summed E-state index contributed by atoms with van der Waals surface area (Å²) in [6, 6.07) is 3.08. The summed E-state index contributed by atoms with van der Waals surface area (Å²) in [4.78, 5) is 15.1. The Morgan fingerprint density at radius 1 is 1.37 bits per heavy atom. The maximum atomic E-state index is 11.2. The number of carbonyl (C=O) groups is 1. The quantitative estimate of drug-likeness (QED) is 0.879. The van der Waals surface area contributed by atoms with E-state index in [4.69, 9.17) is 23.2 Å². The van der Waals surface area contributed by atoms with Crippen LogP contribution in [0.15, 0.2) is 18.3 Å². The molecule has 7 heteroatoms. The molecule has 0 aliphatic rings. The van der Waals surface area contributed by atoms with Crippen LogP contribution in [0.25, 0.3) is 11.3 Å². The number of pyridine rings is 1. The van der Waals surface area contributed by atoms with Crippen LogP contribution in [0.3, 0.4) is 0 Å². The van der Waals surface area contributed by atoms with Gasteiger partial charge in [-0.25, -0.2) is 9.78 Å². The number of carboxylic acids is 1. The fourth-order valence-corrected chi connectivity index (χ4v) is 2.20. The molecular formula is C12H11Cl2N3O2. The van der Waals surface area contributed by atoms with Gasteiger partial charge in [0.15, 0.2) is 0 Å². The van der Waals surface area contributed by atoms with Crippen molar-refractivity contribution in [2.45, 2.75) is 19.9 Å². The number of hydrogen-bond acceptors (Lipinski definition) is 3. The molecule has 2 aromatic rings. The van der Waals surface area contributed by atoms with Crippen LogP contribution in [-0.2, 0) is 6.54 Å². The molecule has 2 heterocycles. The molecule has 0 aliphatic carbocycles. The van der Waals surface area contributed by atoms with Gasteiger partial charge < -0.3 is 5.11 Å². The molecule has 0 saturated heterocycles. The van der Waals surface area contributed by atoms with E-state index in [1.54, 1.807) is 16.8 Å². The van der Waals surface area contributed by atoms with Gasteiger partial charge in [0.05, 0.1) is 0 Å². The lowest BCUT2D eigenvalue weighted by Crippen LogP contribution is -1.97. The fourth-order valence-electron chi connectivity index (χ4n) is 1.74. The van der Waals surface area contributed by atoms with E-state index in [0.717, 1.165) is 6.42 Å². The van der Waals surface area contributed by atoms with Gasteiger partial charge in [0.1, 0.15) is 21.6 Å². The number of rotatable bonds is 4. The second-order valence-corrected chi connectivity index (χ2v) is 4.74. The molecule has 0 saturated carbocycles. The molecule has 0 amide bonds. The number of hydrogen-bond donors (Lipinski definition) is 1. The second-order valence-electron chi connectivity index (χ2n) is 3.96. The smallest absolute Gasteiger partial charge is 0.339 e. The van der Waals surface area contributed by atoms with Crippen molar-refractivity contribution in [3.63, 3.8) is 0 Å². The molecule has 1 N–H and O–H groups in total. The van der Waals surface area contributed by atoms with Crippen molar-refractivity contribution in [1.82, 2.24) is 14.8 Å². The highest BCUT2D eigenvalue weighted by Gasteiger charge is 2.18. The molecule has 2 aromatic heterocycles. The average Bonchev–Trinajstić information content (AvgIpc) is 2.72. The Hall–Kier alpha value is -1.59. The molecule has 0 unspecified atom stereocenters. The zero-order valence-corrected chi connectivity index (χ0v) is 11.6. The highest BCUT2D eigenvalue weighted by atomic mass is 35.5. The number of aromatic carboxylic acids is 1. The Labute approximate surface area is 119 Å². The Morgan fingerprint density at radius 2 is 2.00 bits per heavy atom. The fraction of sp³-hybridized carbons (Fsp3) is 0.250. The minimum atomic E-state index is -1.04. The molecule has 0 spiro atoms. The normalized spacial score (nSPS) is 10.7. The molecule has 5 nitrogen and oxygen atoms in total. The Kier molecular flexibility index (Phi) is 4.07. The number of carboxylic acid groups (broad SMARTS) is 1. The predicted octanol–water partition coefficient (Wildman–Crippen LogP) is 3.36. The van der Waals surface area contributed by atoms with E-state index in [0.29, 0.717) is 17.8 Å². The summed E-state index contributed by atoms with van der Waals surface area (Å²) in [5, 5.41) is 13.9. The van der Waals surface area contributed by atoms with Gasteiger partial charge in [-0.1, -0.05) is 30.1 Å². The third kappa shape index (κ3) is 3.05. The molecule has 19 heavy (non-hydrogen) atoms. The Morgan fingerprint density at radius 3 is 2.53 bits per heavy atom. The van der Waals surface area contributed by atoms with Crippen molar-refractivity contribution >= 4 is 29.2 Å². The summed E-state index contributed by atoms with van der Waals surface area (Å²) < 4.78 is 1.60. The lowest BCUT2D eigenvalue weighted by molar-refractivity contribution is 0.0697. The van der Waals surface area contributed by atoms with E-state index >= 15 is 0 Å². The predicted molar refractivity (Wildman–Crippen MR) is 72.7 cm³/mol. The number of halogens is 2. The van der Waals surface area contributed by atoms with Crippen LogP contribution in [0, 0.1) is 0 Å². The monoisotopic (exact) mass is 299 g/mol. The standard InChI is InChI=1S/C12H11Cl2N3O2/c1-2-3-17-6-8(12(18)19)11(16-17)7-4-9(13)15-10(14)5-7/h4-6H,2-3H2,1H3,(H,18,19). The molecule has 0 bridgehead atoms. The molecule has 2 rings (SSSR count). The molecule has 0 aliphatic heterocycles. The third-order valence-corrected chi connectivity index (χ3v) is 2.87. The van der Waals surface area contributed by atoms with Crippen LogP contribution in [-0.4, -0.2) is 25.8 Å². The molecule has 0 aromatic carbocycles. The van der Waals surface area contributed by atoms with E-state index < -0.39 is 5.97 Å². The lowest BCUT2D eigenvalue weighted by atomic mass is 10.1. The van der Waals surface area contributed by atoms with Crippen LogP contribution in [0.2, 0.25) is 10.3 Å². The van der Waals surface area contributed by atoms with E-state index in [1.807, 2.05) is 6.92 Å². The van der Waals surface area contributed by atoms with E-state index in [1.165, 1.54) is 6.20 Å². The van der Waals surface area contributed by atoms with Crippen LogP contribution < -0.4 is 0 Å². The average molecular weight is 300 g/mol. The zero-order chi connectivity index (χ0) is 14.0. The molecule has 0 radical (unpaired) electrons. The van der Waals surface area contributed by atoms with Crippen LogP contribution >= 0.6 is 23.2 Å². The molecule has 0 atom stereocenters. The van der Waals surface area contributed by atoms with Gasteiger partial charge in [-0.3, -0.25) is 4.68 Å². The minimum Gasteiger partial charge on any atom is -0.478 e. The highest BCUT2D eigenvalue weighted by molar-refractivity contribution is 6.32. The van der Waals surface area contributed by atoms with Gasteiger partial charge in [-0.15, -0.1) is 0 Å². The topological polar surface area (TPSA) is 68.0 Å². The van der Waals surface area contributed by atoms with Crippen LogP contribution in [0.1, 0.15) is 23.7 Å². The summed E-state index contributed by atoms with van der Waals surface area (Å²) in [6.07, 6.45) is 2.36. The Bertz CT molecular complexity index is 605. The van der Waals surface area contributed by atoms with Crippen molar-refractivity contribution in [2.75, 3.05) is 0 Å². The van der Waals surface area contributed by atoms with Crippen molar-refractivity contribution < 1.29 is 9.90 Å². The third-order valence-electron chi connectivity index (χ3n) is 2.48. The van der Waals surface area contributed by atoms with Crippen molar-refractivity contribution in [1.29, 1.82) is 0 Å². The molecular weight excluding hydrogens is 289 g/mol. The maximum absolute atomic E-state index is 11.2. The van der Waals surface area contributed by atoms with E-state index in [-0.39, 0.29) is 15.9 Å². The van der Waals surface area contributed by atoms with Crippen LogP contribution in [0.4, 0.5) is 0 Å². The molecule has 0 fully saturated rings. The molecule has 100 valence electrons.